The van der Waals surface area contributed by atoms with E-state index in [-0.39, 0.29) is 5.92 Å². The van der Waals surface area contributed by atoms with Gasteiger partial charge in [-0.3, -0.25) is 0 Å². The van der Waals surface area contributed by atoms with E-state index in [4.69, 9.17) is 10.7 Å². The normalized spacial score (nSPS) is 20.1. The molecule has 0 aromatic carbocycles. The first-order valence-corrected chi connectivity index (χ1v) is 9.22. The summed E-state index contributed by atoms with van der Waals surface area (Å²) >= 11 is 1.58. The van der Waals surface area contributed by atoms with Gasteiger partial charge in [-0.05, 0) is 25.8 Å². The monoisotopic (exact) mass is 366 g/mol. The lowest BCUT2D eigenvalue weighted by molar-refractivity contribution is 0.425. The van der Waals surface area contributed by atoms with Crippen molar-refractivity contribution in [2.24, 2.45) is 5.92 Å². The number of nitrogen functional groups attached to an aromatic ring is 1. The van der Waals surface area contributed by atoms with Crippen LogP contribution in [0.25, 0.3) is 10.2 Å². The maximum Gasteiger partial charge on any atom is 0.186 e. The summed E-state index contributed by atoms with van der Waals surface area (Å²) in [5.41, 5.74) is 6.58. The summed E-state index contributed by atoms with van der Waals surface area (Å²) in [5, 5.41) is 13.4. The zero-order chi connectivity index (χ0) is 18.1. The van der Waals surface area contributed by atoms with E-state index in [9.17, 15) is 5.26 Å². The molecule has 1 saturated heterocycles. The number of pyridine rings is 1. The molecule has 3 N–H and O–H groups in total. The number of piperidine rings is 1. The molecule has 1 aliphatic rings. The molecule has 0 saturated carbocycles. The van der Waals surface area contributed by atoms with Crippen LogP contribution in [0.4, 0.5) is 22.6 Å². The van der Waals surface area contributed by atoms with Crippen LogP contribution < -0.4 is 16.0 Å². The van der Waals surface area contributed by atoms with Crippen LogP contribution in [0.5, 0.6) is 0 Å². The molecule has 1 aliphatic heterocycles. The summed E-state index contributed by atoms with van der Waals surface area (Å²) in [6.07, 6.45) is 5.07. The summed E-state index contributed by atoms with van der Waals surface area (Å²) in [6.45, 7) is 2.90. The fraction of sp³-hybridized carbons (Fsp3) is 0.353. The molecule has 0 amide bonds. The summed E-state index contributed by atoms with van der Waals surface area (Å²) in [7, 11) is 0. The summed E-state index contributed by atoms with van der Waals surface area (Å²) in [4.78, 5) is 19.5. The number of rotatable bonds is 3. The van der Waals surface area contributed by atoms with Crippen molar-refractivity contribution in [2.45, 2.75) is 25.8 Å². The smallest absolute Gasteiger partial charge is 0.186 e. The molecule has 9 heteroatoms. The highest BCUT2D eigenvalue weighted by molar-refractivity contribution is 7.22. The van der Waals surface area contributed by atoms with Crippen molar-refractivity contribution in [1.29, 1.82) is 5.26 Å². The van der Waals surface area contributed by atoms with Gasteiger partial charge in [-0.25, -0.2) is 19.9 Å². The maximum atomic E-state index is 9.28. The lowest BCUT2D eigenvalue weighted by Crippen LogP contribution is -2.41. The zero-order valence-electron chi connectivity index (χ0n) is 14.3. The van der Waals surface area contributed by atoms with Crippen molar-refractivity contribution < 1.29 is 0 Å². The summed E-state index contributed by atoms with van der Waals surface area (Å²) in [6, 6.07) is 6.31. The van der Waals surface area contributed by atoms with Gasteiger partial charge in [-0.2, -0.15) is 5.26 Å². The number of nitrogens with two attached hydrogens (primary N) is 1. The van der Waals surface area contributed by atoms with E-state index < -0.39 is 0 Å². The lowest BCUT2D eigenvalue weighted by atomic mass is 9.95. The van der Waals surface area contributed by atoms with Gasteiger partial charge in [0, 0.05) is 24.8 Å². The van der Waals surface area contributed by atoms with Crippen molar-refractivity contribution in [3.05, 3.63) is 24.7 Å². The number of thiazole rings is 1. The Balaban J connectivity index is 1.68. The molecule has 132 valence electrons. The SMILES string of the molecule is C[C@@H]1CC[C@H](C#N)CN1c1nc2ccnc(Nc3cc(N)ncn3)c2s1. The van der Waals surface area contributed by atoms with Crippen LogP contribution in [-0.4, -0.2) is 32.5 Å². The van der Waals surface area contributed by atoms with Gasteiger partial charge in [0.25, 0.3) is 0 Å². The number of nitrogens with zero attached hydrogens (tertiary/aromatic N) is 6. The van der Waals surface area contributed by atoms with E-state index >= 15 is 0 Å². The predicted molar refractivity (Wildman–Crippen MR) is 102 cm³/mol. The van der Waals surface area contributed by atoms with Gasteiger partial charge in [0.1, 0.15) is 18.0 Å². The number of hydrogen-bond acceptors (Lipinski definition) is 9. The van der Waals surface area contributed by atoms with E-state index in [2.05, 4.69) is 38.2 Å². The van der Waals surface area contributed by atoms with Crippen molar-refractivity contribution >= 4 is 44.1 Å². The molecular formula is C17H18N8S. The first-order chi connectivity index (χ1) is 12.6. The van der Waals surface area contributed by atoms with Gasteiger partial charge < -0.3 is 16.0 Å². The molecule has 0 radical (unpaired) electrons. The number of nitrogens with one attached hydrogen (secondary N) is 1. The number of nitriles is 1. The highest BCUT2D eigenvalue weighted by Crippen LogP contribution is 2.37. The van der Waals surface area contributed by atoms with Crippen LogP contribution in [0, 0.1) is 17.2 Å². The molecular weight excluding hydrogens is 348 g/mol. The van der Waals surface area contributed by atoms with Crippen molar-refractivity contribution in [2.75, 3.05) is 22.5 Å². The summed E-state index contributed by atoms with van der Waals surface area (Å²) in [5.74, 6) is 1.72. The Morgan fingerprint density at radius 1 is 1.35 bits per heavy atom. The molecule has 4 heterocycles. The third-order valence-corrected chi connectivity index (χ3v) is 5.65. The van der Waals surface area contributed by atoms with Gasteiger partial charge in [0.05, 0.1) is 22.2 Å². The first kappa shape index (κ1) is 16.5. The lowest BCUT2D eigenvalue weighted by Gasteiger charge is -2.35. The minimum Gasteiger partial charge on any atom is -0.384 e. The van der Waals surface area contributed by atoms with E-state index in [0.29, 0.717) is 23.5 Å². The molecule has 0 bridgehead atoms. The van der Waals surface area contributed by atoms with Crippen molar-refractivity contribution in [1.82, 2.24) is 19.9 Å². The first-order valence-electron chi connectivity index (χ1n) is 8.40. The van der Waals surface area contributed by atoms with Crippen LogP contribution in [0.3, 0.4) is 0 Å². The molecule has 8 nitrogen and oxygen atoms in total. The van der Waals surface area contributed by atoms with E-state index in [1.807, 2.05) is 6.07 Å². The minimum absolute atomic E-state index is 0.0536. The van der Waals surface area contributed by atoms with Crippen LogP contribution in [0.1, 0.15) is 19.8 Å². The van der Waals surface area contributed by atoms with E-state index in [1.54, 1.807) is 23.6 Å². The zero-order valence-corrected chi connectivity index (χ0v) is 15.1. The molecule has 0 aliphatic carbocycles. The van der Waals surface area contributed by atoms with Crippen LogP contribution in [0.2, 0.25) is 0 Å². The van der Waals surface area contributed by atoms with Gasteiger partial charge in [-0.15, -0.1) is 0 Å². The average molecular weight is 366 g/mol. The molecule has 26 heavy (non-hydrogen) atoms. The van der Waals surface area contributed by atoms with E-state index in [0.717, 1.165) is 34.7 Å². The minimum atomic E-state index is 0.0536. The Bertz CT molecular complexity index is 978. The van der Waals surface area contributed by atoms with Crippen LogP contribution in [-0.2, 0) is 0 Å². The predicted octanol–water partition coefficient (Wildman–Crippen LogP) is 2.94. The fourth-order valence-electron chi connectivity index (χ4n) is 3.10. The number of fused-ring (bicyclic) bond motifs is 1. The van der Waals surface area contributed by atoms with Crippen molar-refractivity contribution in [3.63, 3.8) is 0 Å². The third kappa shape index (κ3) is 3.11. The topological polar surface area (TPSA) is 117 Å². The van der Waals surface area contributed by atoms with Gasteiger partial charge in [0.2, 0.25) is 0 Å². The second-order valence-corrected chi connectivity index (χ2v) is 7.34. The number of aromatic nitrogens is 4. The molecule has 0 spiro atoms. The molecule has 3 aromatic rings. The maximum absolute atomic E-state index is 9.28. The molecule has 0 unspecified atom stereocenters. The van der Waals surface area contributed by atoms with Gasteiger partial charge in [0.15, 0.2) is 10.9 Å². The molecule has 1 fully saturated rings. The van der Waals surface area contributed by atoms with Crippen LogP contribution >= 0.6 is 11.3 Å². The van der Waals surface area contributed by atoms with Crippen LogP contribution in [0.15, 0.2) is 24.7 Å². The van der Waals surface area contributed by atoms with E-state index in [1.165, 1.54) is 6.33 Å². The quantitative estimate of drug-likeness (QED) is 0.726. The average Bonchev–Trinajstić information content (AvgIpc) is 3.07. The second-order valence-electron chi connectivity index (χ2n) is 6.36. The highest BCUT2D eigenvalue weighted by atomic mass is 32.1. The van der Waals surface area contributed by atoms with Gasteiger partial charge in [-0.1, -0.05) is 11.3 Å². The Morgan fingerprint density at radius 3 is 3.04 bits per heavy atom. The molecule has 2 atom stereocenters. The number of anilines is 4. The highest BCUT2D eigenvalue weighted by Gasteiger charge is 2.28. The molecule has 4 rings (SSSR count). The van der Waals surface area contributed by atoms with Gasteiger partial charge >= 0.3 is 0 Å². The summed E-state index contributed by atoms with van der Waals surface area (Å²) < 4.78 is 0.950. The largest absolute Gasteiger partial charge is 0.384 e. The number of hydrogen-bond donors (Lipinski definition) is 2. The Hall–Kier alpha value is -2.99. The van der Waals surface area contributed by atoms with Crippen molar-refractivity contribution in [3.8, 4) is 6.07 Å². The molecule has 3 aromatic heterocycles. The second kappa shape index (κ2) is 6.72. The Kier molecular flexibility index (Phi) is 4.26. The third-order valence-electron chi connectivity index (χ3n) is 4.54. The fourth-order valence-corrected chi connectivity index (χ4v) is 4.21. The Morgan fingerprint density at radius 2 is 2.23 bits per heavy atom. The Labute approximate surface area is 154 Å². The standard InChI is InChI=1S/C17H18N8S/c1-10-2-3-11(7-18)8-25(10)17-23-12-4-5-20-16(15(12)26-17)24-14-6-13(19)21-9-22-14/h4-6,9-11H,2-3,8H2,1H3,(H3,19,20,21,22,24)/t10-,11-/m1/s1.